The van der Waals surface area contributed by atoms with E-state index in [1.54, 1.807) is 11.9 Å². The summed E-state index contributed by atoms with van der Waals surface area (Å²) in [7, 11) is 1.66. The highest BCUT2D eigenvalue weighted by atomic mass is 16.5. The summed E-state index contributed by atoms with van der Waals surface area (Å²) < 4.78 is 5.36. The van der Waals surface area contributed by atoms with Gasteiger partial charge in [-0.2, -0.15) is 0 Å². The van der Waals surface area contributed by atoms with Gasteiger partial charge in [-0.05, 0) is 52.6 Å². The Labute approximate surface area is 193 Å². The Kier molecular flexibility index (Phi) is 5.45. The molecule has 0 aliphatic heterocycles. The zero-order chi connectivity index (χ0) is 22.7. The molecule has 0 N–H and O–H groups in total. The highest BCUT2D eigenvalue weighted by molar-refractivity contribution is 5.61. The van der Waals surface area contributed by atoms with Crippen molar-refractivity contribution in [3.8, 4) is 17.1 Å². The number of nitrogens with zero attached hydrogens (tertiary/aromatic N) is 4. The zero-order valence-corrected chi connectivity index (χ0v) is 18.6. The summed E-state index contributed by atoms with van der Waals surface area (Å²) >= 11 is 0. The van der Waals surface area contributed by atoms with Crippen LogP contribution in [0.3, 0.4) is 0 Å². The minimum Gasteiger partial charge on any atom is -0.497 e. The van der Waals surface area contributed by atoms with Crippen molar-refractivity contribution >= 4 is 0 Å². The average molecular weight is 433 g/mol. The third kappa shape index (κ3) is 3.57. The number of benzene rings is 4. The molecule has 4 aromatic carbocycles. The van der Waals surface area contributed by atoms with Gasteiger partial charge >= 0.3 is 0 Å². The average Bonchev–Trinajstić information content (AvgIpc) is 3.36. The van der Waals surface area contributed by atoms with Gasteiger partial charge in [0.05, 0.1) is 7.11 Å². The maximum Gasteiger partial charge on any atom is 0.205 e. The first kappa shape index (κ1) is 20.6. The molecule has 5 nitrogen and oxygen atoms in total. The minimum atomic E-state index is -0.782. The maximum atomic E-state index is 5.36. The van der Waals surface area contributed by atoms with E-state index in [-0.39, 0.29) is 0 Å². The molecule has 0 atom stereocenters. The lowest BCUT2D eigenvalue weighted by molar-refractivity contribution is 0.395. The maximum absolute atomic E-state index is 5.36. The van der Waals surface area contributed by atoms with Gasteiger partial charge < -0.3 is 4.74 Å². The fourth-order valence-corrected chi connectivity index (χ4v) is 4.36. The Balaban J connectivity index is 1.78. The van der Waals surface area contributed by atoms with Crippen molar-refractivity contribution in [3.05, 3.63) is 131 Å². The molecule has 162 valence electrons. The third-order valence-corrected chi connectivity index (χ3v) is 5.96. The number of hydrogen-bond donors (Lipinski definition) is 0. The number of tetrazole rings is 1. The molecule has 0 radical (unpaired) electrons. The Morgan fingerprint density at radius 2 is 1.21 bits per heavy atom. The molecule has 0 bridgehead atoms. The Hall–Kier alpha value is -4.25. The predicted molar refractivity (Wildman–Crippen MR) is 129 cm³/mol. The highest BCUT2D eigenvalue weighted by Crippen LogP contribution is 2.40. The number of methoxy groups -OCH3 is 1. The van der Waals surface area contributed by atoms with Crippen molar-refractivity contribution in [2.45, 2.75) is 12.5 Å². The number of aryl methyl sites for hydroxylation is 1. The first-order chi connectivity index (χ1) is 16.2. The Bertz CT molecular complexity index is 1250. The van der Waals surface area contributed by atoms with E-state index >= 15 is 0 Å². The van der Waals surface area contributed by atoms with Crippen LogP contribution in [0.2, 0.25) is 0 Å². The molecule has 1 aromatic heterocycles. The molecule has 0 aliphatic carbocycles. The van der Waals surface area contributed by atoms with E-state index in [1.165, 1.54) is 0 Å². The van der Waals surface area contributed by atoms with Crippen LogP contribution in [0.25, 0.3) is 11.4 Å². The molecule has 0 fully saturated rings. The van der Waals surface area contributed by atoms with E-state index in [0.29, 0.717) is 5.82 Å². The van der Waals surface area contributed by atoms with Gasteiger partial charge in [-0.25, -0.2) is 0 Å². The van der Waals surface area contributed by atoms with E-state index in [4.69, 9.17) is 9.84 Å². The summed E-state index contributed by atoms with van der Waals surface area (Å²) in [6.07, 6.45) is 0. The van der Waals surface area contributed by atoms with Crippen LogP contribution in [0.4, 0.5) is 0 Å². The first-order valence-corrected chi connectivity index (χ1v) is 10.9. The standard InChI is InChI=1S/C28H24N4O/c1-21-20-25(33-2)18-19-26(21)27-29-31-32(30-27)28(22-12-6-3-7-13-22,23-14-8-4-9-15-23)24-16-10-5-11-17-24/h3-20H,1-2H3. The van der Waals surface area contributed by atoms with Gasteiger partial charge in [0.15, 0.2) is 5.54 Å². The summed E-state index contributed by atoms with van der Waals surface area (Å²) in [5.41, 5.74) is 4.33. The smallest absolute Gasteiger partial charge is 0.205 e. The second-order valence-electron chi connectivity index (χ2n) is 7.89. The quantitative estimate of drug-likeness (QED) is 0.333. The summed E-state index contributed by atoms with van der Waals surface area (Å²) in [5, 5.41) is 14.1. The number of ether oxygens (including phenoxy) is 1. The van der Waals surface area contributed by atoms with Gasteiger partial charge in [-0.3, -0.25) is 0 Å². The van der Waals surface area contributed by atoms with E-state index in [2.05, 4.69) is 46.7 Å². The van der Waals surface area contributed by atoms with E-state index in [0.717, 1.165) is 33.6 Å². The predicted octanol–water partition coefficient (Wildman–Crippen LogP) is 5.50. The second-order valence-corrected chi connectivity index (χ2v) is 7.89. The molecule has 5 aromatic rings. The van der Waals surface area contributed by atoms with Crippen LogP contribution < -0.4 is 4.74 Å². The van der Waals surface area contributed by atoms with Gasteiger partial charge in [-0.15, -0.1) is 15.0 Å². The summed E-state index contributed by atoms with van der Waals surface area (Å²) in [5.74, 6) is 1.37. The van der Waals surface area contributed by atoms with Crippen LogP contribution in [0.15, 0.2) is 109 Å². The lowest BCUT2D eigenvalue weighted by atomic mass is 9.77. The number of hydrogen-bond acceptors (Lipinski definition) is 4. The second kappa shape index (κ2) is 8.71. The fourth-order valence-electron chi connectivity index (χ4n) is 4.36. The Morgan fingerprint density at radius 1 is 0.697 bits per heavy atom. The number of aromatic nitrogens is 4. The van der Waals surface area contributed by atoms with Crippen LogP contribution in [0.1, 0.15) is 22.3 Å². The normalized spacial score (nSPS) is 11.3. The van der Waals surface area contributed by atoms with Gasteiger partial charge in [-0.1, -0.05) is 91.0 Å². The highest BCUT2D eigenvalue weighted by Gasteiger charge is 2.41. The molecule has 5 rings (SSSR count). The minimum absolute atomic E-state index is 0.572. The van der Waals surface area contributed by atoms with E-state index in [9.17, 15) is 0 Å². The topological polar surface area (TPSA) is 52.8 Å². The molecule has 0 saturated carbocycles. The molecule has 1 heterocycles. The lowest BCUT2D eigenvalue weighted by Crippen LogP contribution is -2.39. The summed E-state index contributed by atoms with van der Waals surface area (Å²) in [6, 6.07) is 36.9. The van der Waals surface area contributed by atoms with Crippen LogP contribution in [-0.4, -0.2) is 27.3 Å². The van der Waals surface area contributed by atoms with Crippen LogP contribution in [-0.2, 0) is 5.54 Å². The largest absolute Gasteiger partial charge is 0.497 e. The van der Waals surface area contributed by atoms with Gasteiger partial charge in [0.1, 0.15) is 5.75 Å². The molecule has 0 saturated heterocycles. The van der Waals surface area contributed by atoms with Gasteiger partial charge in [0.25, 0.3) is 0 Å². The summed E-state index contributed by atoms with van der Waals surface area (Å²) in [4.78, 5) is 1.74. The first-order valence-electron chi connectivity index (χ1n) is 10.9. The van der Waals surface area contributed by atoms with Crippen LogP contribution in [0.5, 0.6) is 5.75 Å². The van der Waals surface area contributed by atoms with Crippen molar-refractivity contribution in [2.75, 3.05) is 7.11 Å². The molecule has 0 aliphatic rings. The van der Waals surface area contributed by atoms with Gasteiger partial charge in [0.2, 0.25) is 5.82 Å². The zero-order valence-electron chi connectivity index (χ0n) is 18.6. The fraction of sp³-hybridized carbons (Fsp3) is 0.107. The molecule has 5 heteroatoms. The van der Waals surface area contributed by atoms with Crippen LogP contribution >= 0.6 is 0 Å². The van der Waals surface area contributed by atoms with Crippen molar-refractivity contribution in [1.29, 1.82) is 0 Å². The van der Waals surface area contributed by atoms with Crippen LogP contribution in [0, 0.1) is 6.92 Å². The van der Waals surface area contributed by atoms with Crippen molar-refractivity contribution in [1.82, 2.24) is 20.2 Å². The lowest BCUT2D eigenvalue weighted by Gasteiger charge is -2.34. The van der Waals surface area contributed by atoms with Gasteiger partial charge in [0, 0.05) is 5.56 Å². The molecular weight excluding hydrogens is 408 g/mol. The molecule has 0 spiro atoms. The molecule has 0 unspecified atom stereocenters. The molecule has 0 amide bonds. The third-order valence-electron chi connectivity index (χ3n) is 5.96. The Morgan fingerprint density at radius 3 is 1.67 bits per heavy atom. The van der Waals surface area contributed by atoms with E-state index < -0.39 is 5.54 Å². The van der Waals surface area contributed by atoms with E-state index in [1.807, 2.05) is 79.7 Å². The molecule has 33 heavy (non-hydrogen) atoms. The summed E-state index contributed by atoms with van der Waals surface area (Å²) in [6.45, 7) is 2.03. The molecular formula is C28H24N4O. The number of rotatable bonds is 6. The monoisotopic (exact) mass is 432 g/mol. The van der Waals surface area contributed by atoms with Crippen molar-refractivity contribution in [2.24, 2.45) is 0 Å². The van der Waals surface area contributed by atoms with Crippen molar-refractivity contribution < 1.29 is 4.74 Å². The SMILES string of the molecule is COc1ccc(-c2nnn(C(c3ccccc3)(c3ccccc3)c3ccccc3)n2)c(C)c1. The van der Waals surface area contributed by atoms with Crippen molar-refractivity contribution in [3.63, 3.8) is 0 Å².